The Labute approximate surface area is 110 Å². The molecule has 1 rings (SSSR count). The lowest BCUT2D eigenvalue weighted by Crippen LogP contribution is -2.19. The predicted molar refractivity (Wildman–Crippen MR) is 72.7 cm³/mol. The van der Waals surface area contributed by atoms with Crippen molar-refractivity contribution in [3.63, 3.8) is 0 Å². The summed E-state index contributed by atoms with van der Waals surface area (Å²) in [6.45, 7) is 0. The Kier molecular flexibility index (Phi) is 5.68. The van der Waals surface area contributed by atoms with Gasteiger partial charge in [-0.3, -0.25) is 9.00 Å². The lowest BCUT2D eigenvalue weighted by molar-refractivity contribution is -0.116. The molecule has 1 aromatic carbocycles. The second-order valence-electron chi connectivity index (χ2n) is 4.12. The maximum atomic E-state index is 11.6. The van der Waals surface area contributed by atoms with Gasteiger partial charge in [0.15, 0.2) is 0 Å². The molecular formula is C12H16O4S2. The maximum Gasteiger partial charge on any atom is 0.149 e. The van der Waals surface area contributed by atoms with Crippen LogP contribution in [0.15, 0.2) is 30.3 Å². The molecule has 0 aromatic heterocycles. The number of hydrogen-bond donors (Lipinski definition) is 0. The minimum atomic E-state index is -3.12. The van der Waals surface area contributed by atoms with Gasteiger partial charge in [-0.1, -0.05) is 30.3 Å². The van der Waals surface area contributed by atoms with Crippen molar-refractivity contribution in [2.45, 2.75) is 6.42 Å². The van der Waals surface area contributed by atoms with Gasteiger partial charge in [0.1, 0.15) is 15.6 Å². The third-order valence-electron chi connectivity index (χ3n) is 2.25. The van der Waals surface area contributed by atoms with Crippen LogP contribution in [0.1, 0.15) is 5.56 Å². The van der Waals surface area contributed by atoms with Crippen LogP contribution >= 0.6 is 0 Å². The van der Waals surface area contributed by atoms with Crippen molar-refractivity contribution in [1.82, 2.24) is 0 Å². The number of Topliss-reactive ketones (excluding diaryl/α,β-unsaturated/α-hetero) is 1. The Morgan fingerprint density at radius 1 is 1.22 bits per heavy atom. The summed E-state index contributed by atoms with van der Waals surface area (Å²) >= 11 is 0. The third kappa shape index (κ3) is 6.66. The zero-order valence-electron chi connectivity index (χ0n) is 10.2. The number of hydrogen-bond acceptors (Lipinski definition) is 4. The third-order valence-corrected chi connectivity index (χ3v) is 4.76. The smallest absolute Gasteiger partial charge is 0.149 e. The first-order valence-electron chi connectivity index (χ1n) is 5.45. The van der Waals surface area contributed by atoms with E-state index in [-0.39, 0.29) is 29.5 Å². The largest absolute Gasteiger partial charge is 0.298 e. The van der Waals surface area contributed by atoms with Crippen molar-refractivity contribution in [3.05, 3.63) is 35.9 Å². The summed E-state index contributed by atoms with van der Waals surface area (Å²) in [7, 11) is -4.52. The predicted octanol–water partition coefficient (Wildman–Crippen LogP) is 0.591. The summed E-state index contributed by atoms with van der Waals surface area (Å²) in [5, 5.41) is 0. The molecule has 0 radical (unpaired) electrons. The average molecular weight is 288 g/mol. The van der Waals surface area contributed by atoms with Gasteiger partial charge >= 0.3 is 0 Å². The highest BCUT2D eigenvalue weighted by molar-refractivity contribution is 7.92. The fraction of sp³-hybridized carbons (Fsp3) is 0.417. The Hall–Kier alpha value is -1.01. The van der Waals surface area contributed by atoms with Crippen molar-refractivity contribution in [2.24, 2.45) is 0 Å². The van der Waals surface area contributed by atoms with Crippen LogP contribution in [0.3, 0.4) is 0 Å². The van der Waals surface area contributed by atoms with E-state index in [1.54, 1.807) is 0 Å². The molecule has 1 aromatic rings. The number of sulfone groups is 1. The van der Waals surface area contributed by atoms with Gasteiger partial charge in [-0.25, -0.2) is 8.42 Å². The first-order chi connectivity index (χ1) is 8.37. The maximum absolute atomic E-state index is 11.6. The van der Waals surface area contributed by atoms with Crippen molar-refractivity contribution >= 4 is 26.4 Å². The van der Waals surface area contributed by atoms with Crippen LogP contribution in [0.2, 0.25) is 0 Å². The molecule has 0 saturated heterocycles. The lowest BCUT2D eigenvalue weighted by Gasteiger charge is -2.02. The minimum absolute atomic E-state index is 0.0271. The highest BCUT2D eigenvalue weighted by Crippen LogP contribution is 2.01. The van der Waals surface area contributed by atoms with E-state index in [4.69, 9.17) is 0 Å². The Bertz CT molecular complexity index is 520. The number of carbonyl (C=O) groups excluding carboxylic acids is 1. The fourth-order valence-corrected chi connectivity index (χ4v) is 3.93. The molecule has 100 valence electrons. The molecule has 0 saturated carbocycles. The fourth-order valence-electron chi connectivity index (χ4n) is 1.37. The molecule has 0 spiro atoms. The van der Waals surface area contributed by atoms with E-state index in [1.807, 2.05) is 30.3 Å². The van der Waals surface area contributed by atoms with Gasteiger partial charge in [0.2, 0.25) is 0 Å². The zero-order valence-corrected chi connectivity index (χ0v) is 11.8. The molecule has 0 N–H and O–H groups in total. The summed E-state index contributed by atoms with van der Waals surface area (Å²) in [4.78, 5) is 11.6. The van der Waals surface area contributed by atoms with E-state index in [9.17, 15) is 17.4 Å². The summed E-state index contributed by atoms with van der Waals surface area (Å²) < 4.78 is 33.3. The van der Waals surface area contributed by atoms with Gasteiger partial charge < -0.3 is 0 Å². The second-order valence-corrected chi connectivity index (χ2v) is 7.96. The van der Waals surface area contributed by atoms with Crippen LogP contribution in [-0.4, -0.2) is 41.9 Å². The molecule has 0 fully saturated rings. The van der Waals surface area contributed by atoms with Crippen molar-refractivity contribution in [2.75, 3.05) is 23.5 Å². The summed E-state index contributed by atoms with van der Waals surface area (Å²) in [6, 6.07) is 9.19. The average Bonchev–Trinajstić information content (AvgIpc) is 2.26. The summed E-state index contributed by atoms with van der Waals surface area (Å²) in [5.41, 5.74) is 0.877. The Morgan fingerprint density at radius 3 is 2.39 bits per heavy atom. The van der Waals surface area contributed by atoms with E-state index in [0.717, 1.165) is 11.8 Å². The molecule has 1 unspecified atom stereocenters. The minimum Gasteiger partial charge on any atom is -0.298 e. The SMILES string of the molecule is CS(=O)(=O)CCS(=O)CC(=O)Cc1ccccc1. The van der Waals surface area contributed by atoms with Gasteiger partial charge in [-0.05, 0) is 5.56 Å². The van der Waals surface area contributed by atoms with Crippen molar-refractivity contribution in [1.29, 1.82) is 0 Å². The van der Waals surface area contributed by atoms with Crippen LogP contribution in [-0.2, 0) is 31.9 Å². The zero-order chi connectivity index (χ0) is 13.6. The first-order valence-corrected chi connectivity index (χ1v) is 9.00. The number of ketones is 1. The van der Waals surface area contributed by atoms with Crippen LogP contribution in [0.4, 0.5) is 0 Å². The quantitative estimate of drug-likeness (QED) is 0.736. The molecule has 0 aliphatic carbocycles. The standard InChI is InChI=1S/C12H16O4S2/c1-18(15,16)8-7-17(14)10-12(13)9-11-5-3-2-4-6-11/h2-6H,7-10H2,1H3. The number of rotatable bonds is 7. The first kappa shape index (κ1) is 15.0. The molecular weight excluding hydrogens is 272 g/mol. The monoisotopic (exact) mass is 288 g/mol. The number of carbonyl (C=O) groups is 1. The molecule has 6 heteroatoms. The Morgan fingerprint density at radius 2 is 1.83 bits per heavy atom. The molecule has 0 bridgehead atoms. The molecule has 0 heterocycles. The molecule has 4 nitrogen and oxygen atoms in total. The highest BCUT2D eigenvalue weighted by Gasteiger charge is 2.11. The van der Waals surface area contributed by atoms with E-state index < -0.39 is 20.6 Å². The van der Waals surface area contributed by atoms with Gasteiger partial charge in [-0.15, -0.1) is 0 Å². The summed E-state index contributed by atoms with van der Waals surface area (Å²) in [5.74, 6) is -0.324. The van der Waals surface area contributed by atoms with Gasteiger partial charge in [0, 0.05) is 29.2 Å². The van der Waals surface area contributed by atoms with Gasteiger partial charge in [0.25, 0.3) is 0 Å². The lowest BCUT2D eigenvalue weighted by atomic mass is 10.1. The van der Waals surface area contributed by atoms with Crippen LogP contribution in [0.25, 0.3) is 0 Å². The van der Waals surface area contributed by atoms with E-state index in [1.165, 1.54) is 0 Å². The second kappa shape index (κ2) is 6.80. The normalized spacial score (nSPS) is 13.2. The topological polar surface area (TPSA) is 68.3 Å². The summed E-state index contributed by atoms with van der Waals surface area (Å²) in [6.07, 6.45) is 1.33. The highest BCUT2D eigenvalue weighted by atomic mass is 32.2. The van der Waals surface area contributed by atoms with Crippen LogP contribution < -0.4 is 0 Å². The van der Waals surface area contributed by atoms with Crippen molar-refractivity contribution in [3.8, 4) is 0 Å². The van der Waals surface area contributed by atoms with Crippen LogP contribution in [0, 0.1) is 0 Å². The molecule has 0 aliphatic heterocycles. The van der Waals surface area contributed by atoms with E-state index in [0.29, 0.717) is 0 Å². The molecule has 0 aliphatic rings. The van der Waals surface area contributed by atoms with Crippen LogP contribution in [0.5, 0.6) is 0 Å². The van der Waals surface area contributed by atoms with E-state index >= 15 is 0 Å². The Balaban J connectivity index is 2.39. The molecule has 1 atom stereocenters. The van der Waals surface area contributed by atoms with Gasteiger partial charge in [-0.2, -0.15) is 0 Å². The molecule has 18 heavy (non-hydrogen) atoms. The van der Waals surface area contributed by atoms with Gasteiger partial charge in [0.05, 0.1) is 11.5 Å². The number of benzene rings is 1. The molecule has 0 amide bonds. The van der Waals surface area contributed by atoms with E-state index in [2.05, 4.69) is 0 Å². The van der Waals surface area contributed by atoms with Crippen molar-refractivity contribution < 1.29 is 17.4 Å².